The van der Waals surface area contributed by atoms with E-state index >= 15 is 0 Å². The number of hydrogen-bond donors (Lipinski definition) is 1. The topological polar surface area (TPSA) is 89.5 Å². The van der Waals surface area contributed by atoms with Crippen LogP contribution in [0.2, 0.25) is 0 Å². The number of ether oxygens (including phenoxy) is 1. The van der Waals surface area contributed by atoms with Gasteiger partial charge in [-0.15, -0.1) is 0 Å². The molecule has 0 saturated heterocycles. The van der Waals surface area contributed by atoms with Crippen LogP contribution in [0.4, 0.5) is 4.39 Å². The van der Waals surface area contributed by atoms with E-state index in [9.17, 15) is 22.4 Å². The van der Waals surface area contributed by atoms with Crippen molar-refractivity contribution in [3.8, 4) is 0 Å². The molecular formula is C21H24FNO5S. The second-order valence-corrected chi connectivity index (χ2v) is 9.26. The third-order valence-electron chi connectivity index (χ3n) is 4.17. The number of halogens is 1. The Balaban J connectivity index is 2.24. The molecule has 0 aliphatic carbocycles. The highest BCUT2D eigenvalue weighted by atomic mass is 32.2. The molecule has 156 valence electrons. The lowest BCUT2D eigenvalue weighted by Gasteiger charge is -2.20. The maximum atomic E-state index is 14.0. The summed E-state index contributed by atoms with van der Waals surface area (Å²) in [4.78, 5) is 24.0. The van der Waals surface area contributed by atoms with Crippen molar-refractivity contribution in [1.82, 2.24) is 4.72 Å². The van der Waals surface area contributed by atoms with Gasteiger partial charge in [-0.25, -0.2) is 12.8 Å². The predicted molar refractivity (Wildman–Crippen MR) is 106 cm³/mol. The van der Waals surface area contributed by atoms with Gasteiger partial charge < -0.3 is 4.74 Å². The molecule has 0 fully saturated rings. The lowest BCUT2D eigenvalue weighted by atomic mass is 9.91. The lowest BCUT2D eigenvalue weighted by Crippen LogP contribution is -2.44. The highest BCUT2D eigenvalue weighted by Gasteiger charge is 2.30. The van der Waals surface area contributed by atoms with E-state index in [1.54, 1.807) is 51.1 Å². The molecular weight excluding hydrogens is 397 g/mol. The zero-order valence-electron chi connectivity index (χ0n) is 16.5. The van der Waals surface area contributed by atoms with Crippen LogP contribution in [0.3, 0.4) is 0 Å². The monoisotopic (exact) mass is 421 g/mol. The van der Waals surface area contributed by atoms with Gasteiger partial charge in [-0.3, -0.25) is 9.59 Å². The van der Waals surface area contributed by atoms with Gasteiger partial charge in [-0.2, -0.15) is 4.72 Å². The molecule has 2 aromatic rings. The maximum Gasteiger partial charge on any atom is 0.324 e. The molecule has 2 rings (SSSR count). The fourth-order valence-corrected chi connectivity index (χ4v) is 3.65. The molecule has 0 aliphatic rings. The summed E-state index contributed by atoms with van der Waals surface area (Å²) >= 11 is 0. The summed E-state index contributed by atoms with van der Waals surface area (Å²) in [5, 5.41) is 0. The number of esters is 1. The van der Waals surface area contributed by atoms with Crippen LogP contribution in [-0.4, -0.2) is 32.8 Å². The van der Waals surface area contributed by atoms with Gasteiger partial charge in [0.1, 0.15) is 16.8 Å². The van der Waals surface area contributed by atoms with E-state index in [1.165, 1.54) is 12.1 Å². The van der Waals surface area contributed by atoms with E-state index in [0.717, 1.165) is 12.1 Å². The minimum Gasteiger partial charge on any atom is -0.456 e. The predicted octanol–water partition coefficient (Wildman–Crippen LogP) is 2.87. The van der Waals surface area contributed by atoms with E-state index in [4.69, 9.17) is 4.74 Å². The zero-order chi connectivity index (χ0) is 21.7. The molecule has 0 amide bonds. The summed E-state index contributed by atoms with van der Waals surface area (Å²) in [7, 11) is -4.33. The number of benzene rings is 2. The van der Waals surface area contributed by atoms with Crippen molar-refractivity contribution < 1.29 is 27.1 Å². The fraction of sp³-hybridized carbons (Fsp3) is 0.333. The number of carbonyl (C=O) groups excluding carboxylic acids is 2. The van der Waals surface area contributed by atoms with Gasteiger partial charge in [0.05, 0.1) is 0 Å². The number of hydrogen-bond acceptors (Lipinski definition) is 5. The van der Waals surface area contributed by atoms with Crippen molar-refractivity contribution >= 4 is 21.8 Å². The Morgan fingerprint density at radius 2 is 1.62 bits per heavy atom. The number of carbonyl (C=O) groups is 2. The van der Waals surface area contributed by atoms with Crippen molar-refractivity contribution in [2.45, 2.75) is 38.1 Å². The minimum atomic E-state index is -4.33. The number of ketones is 1. The Labute approximate surface area is 170 Å². The van der Waals surface area contributed by atoms with Crippen LogP contribution < -0.4 is 4.72 Å². The fourth-order valence-electron chi connectivity index (χ4n) is 2.39. The Kier molecular flexibility index (Phi) is 7.26. The molecule has 0 radical (unpaired) electrons. The number of rotatable bonds is 8. The molecule has 0 unspecified atom stereocenters. The minimum absolute atomic E-state index is 0.0168. The van der Waals surface area contributed by atoms with Crippen molar-refractivity contribution in [2.24, 2.45) is 5.41 Å². The third kappa shape index (κ3) is 6.47. The smallest absolute Gasteiger partial charge is 0.324 e. The molecule has 0 heterocycles. The number of nitrogens with one attached hydrogen (secondary N) is 1. The second kappa shape index (κ2) is 9.28. The van der Waals surface area contributed by atoms with Crippen LogP contribution in [-0.2, 0) is 30.8 Å². The Morgan fingerprint density at radius 3 is 2.21 bits per heavy atom. The molecule has 8 heteroatoms. The Bertz CT molecular complexity index is 968. The van der Waals surface area contributed by atoms with E-state index < -0.39 is 44.8 Å². The lowest BCUT2D eigenvalue weighted by molar-refractivity contribution is -0.151. The standard InChI is InChI=1S/C21H24FNO5S/c1-21(2,3)19(24)14-28-20(25)17(13-15-9-5-4-6-10-15)23-29(26,27)18-12-8-7-11-16(18)22/h4-12,17,23H,13-14H2,1-3H3/t17-/m0/s1. The zero-order valence-corrected chi connectivity index (χ0v) is 17.3. The van der Waals surface area contributed by atoms with E-state index in [-0.39, 0.29) is 12.2 Å². The Morgan fingerprint density at radius 1 is 1.03 bits per heavy atom. The van der Waals surface area contributed by atoms with E-state index in [2.05, 4.69) is 4.72 Å². The summed E-state index contributed by atoms with van der Waals surface area (Å²) in [5.74, 6) is -2.15. The Hall–Kier alpha value is -2.58. The second-order valence-electron chi connectivity index (χ2n) is 7.57. The first-order chi connectivity index (χ1) is 13.5. The molecule has 1 atom stereocenters. The first kappa shape index (κ1) is 22.7. The van der Waals surface area contributed by atoms with Gasteiger partial charge in [0, 0.05) is 5.41 Å². The maximum absolute atomic E-state index is 14.0. The van der Waals surface area contributed by atoms with Crippen molar-refractivity contribution in [2.75, 3.05) is 6.61 Å². The van der Waals surface area contributed by atoms with Crippen molar-refractivity contribution in [3.63, 3.8) is 0 Å². The molecule has 29 heavy (non-hydrogen) atoms. The highest BCUT2D eigenvalue weighted by molar-refractivity contribution is 7.89. The first-order valence-electron chi connectivity index (χ1n) is 9.01. The molecule has 6 nitrogen and oxygen atoms in total. The van der Waals surface area contributed by atoms with Crippen LogP contribution in [0.5, 0.6) is 0 Å². The van der Waals surface area contributed by atoms with Crippen LogP contribution in [0.25, 0.3) is 0 Å². The van der Waals surface area contributed by atoms with E-state index in [0.29, 0.717) is 5.56 Å². The molecule has 0 spiro atoms. The van der Waals surface area contributed by atoms with Gasteiger partial charge in [0.2, 0.25) is 10.0 Å². The van der Waals surface area contributed by atoms with Gasteiger partial charge >= 0.3 is 5.97 Å². The van der Waals surface area contributed by atoms with Gasteiger partial charge in [0.25, 0.3) is 0 Å². The molecule has 1 N–H and O–H groups in total. The summed E-state index contributed by atoms with van der Waals surface area (Å²) in [5.41, 5.74) is -0.0326. The van der Waals surface area contributed by atoms with Crippen LogP contribution >= 0.6 is 0 Å². The number of Topliss-reactive ketones (excluding diaryl/α,β-unsaturated/α-hetero) is 1. The van der Waals surface area contributed by atoms with Crippen molar-refractivity contribution in [3.05, 3.63) is 66.0 Å². The summed E-state index contributed by atoms with van der Waals surface area (Å²) < 4.78 is 46.5. The average Bonchev–Trinajstić information content (AvgIpc) is 2.65. The molecule has 0 saturated carbocycles. The number of sulfonamides is 1. The summed E-state index contributed by atoms with van der Waals surface area (Å²) in [6.45, 7) is 4.58. The molecule has 0 bridgehead atoms. The average molecular weight is 421 g/mol. The summed E-state index contributed by atoms with van der Waals surface area (Å²) in [6.07, 6.45) is -0.0168. The van der Waals surface area contributed by atoms with E-state index in [1.807, 2.05) is 0 Å². The van der Waals surface area contributed by atoms with Gasteiger partial charge in [-0.05, 0) is 24.1 Å². The SMILES string of the molecule is CC(C)(C)C(=O)COC(=O)[C@H](Cc1ccccc1)NS(=O)(=O)c1ccccc1F. The van der Waals surface area contributed by atoms with Gasteiger partial charge in [-0.1, -0.05) is 63.2 Å². The molecule has 2 aromatic carbocycles. The molecule has 0 aliphatic heterocycles. The van der Waals surface area contributed by atoms with Crippen LogP contribution in [0.1, 0.15) is 26.3 Å². The molecule has 0 aromatic heterocycles. The van der Waals surface area contributed by atoms with Crippen LogP contribution in [0.15, 0.2) is 59.5 Å². The normalized spacial score (nSPS) is 13.0. The summed E-state index contributed by atoms with van der Waals surface area (Å²) in [6, 6.07) is 12.2. The van der Waals surface area contributed by atoms with Crippen LogP contribution in [0, 0.1) is 11.2 Å². The quantitative estimate of drug-likeness (QED) is 0.662. The first-order valence-corrected chi connectivity index (χ1v) is 10.5. The van der Waals surface area contributed by atoms with Gasteiger partial charge in [0.15, 0.2) is 12.4 Å². The van der Waals surface area contributed by atoms with Crippen molar-refractivity contribution in [1.29, 1.82) is 0 Å². The largest absolute Gasteiger partial charge is 0.456 e. The highest BCUT2D eigenvalue weighted by Crippen LogP contribution is 2.17. The third-order valence-corrected chi connectivity index (χ3v) is 5.68.